The van der Waals surface area contributed by atoms with E-state index >= 15 is 0 Å². The molecule has 0 aromatic rings. The second-order valence-corrected chi connectivity index (χ2v) is 2.73. The lowest BCUT2D eigenvalue weighted by Gasteiger charge is -2.26. The third kappa shape index (κ3) is 1.78. The van der Waals surface area contributed by atoms with E-state index in [0.717, 1.165) is 11.4 Å². The highest BCUT2D eigenvalue weighted by Gasteiger charge is 2.10. The molecule has 0 spiro atoms. The Bertz CT molecular complexity index is 255. The number of hydrogen-bond donors (Lipinski definition) is 2. The Kier molecular flexibility index (Phi) is 2.38. The van der Waals surface area contributed by atoms with E-state index in [9.17, 15) is 4.79 Å². The predicted octanol–water partition coefficient (Wildman–Crippen LogP) is 0.318. The molecule has 0 radical (unpaired) electrons. The molecule has 2 N–H and O–H groups in total. The lowest BCUT2D eigenvalue weighted by Crippen LogP contribution is -2.40. The summed E-state index contributed by atoms with van der Waals surface area (Å²) in [5.74, 6) is 0.735. The summed E-state index contributed by atoms with van der Waals surface area (Å²) in [6, 6.07) is 0. The van der Waals surface area contributed by atoms with Gasteiger partial charge in [-0.05, 0) is 18.6 Å². The van der Waals surface area contributed by atoms with E-state index in [1.54, 1.807) is 5.01 Å². The van der Waals surface area contributed by atoms with Crippen molar-refractivity contribution in [3.63, 3.8) is 0 Å². The highest BCUT2D eigenvalue weighted by atomic mass is 16.1. The van der Waals surface area contributed by atoms with Gasteiger partial charge >= 0.3 is 0 Å². The van der Waals surface area contributed by atoms with Crippen molar-refractivity contribution in [3.8, 4) is 0 Å². The molecule has 0 saturated carbocycles. The van der Waals surface area contributed by atoms with Crippen LogP contribution >= 0.6 is 0 Å². The van der Waals surface area contributed by atoms with Crippen molar-refractivity contribution >= 4 is 5.91 Å². The minimum atomic E-state index is -0.0618. The first-order chi connectivity index (χ1) is 5.61. The molecule has 1 rings (SSSR count). The van der Waals surface area contributed by atoms with Gasteiger partial charge in [-0.1, -0.05) is 0 Å². The van der Waals surface area contributed by atoms with E-state index in [0.29, 0.717) is 0 Å². The number of hydrogen-bond acceptors (Lipinski definition) is 3. The molecule has 12 heavy (non-hydrogen) atoms. The van der Waals surface area contributed by atoms with Gasteiger partial charge in [0, 0.05) is 20.2 Å². The second kappa shape index (κ2) is 3.30. The van der Waals surface area contributed by atoms with Gasteiger partial charge in [-0.3, -0.25) is 9.80 Å². The summed E-state index contributed by atoms with van der Waals surface area (Å²) in [5.41, 5.74) is 3.98. The van der Waals surface area contributed by atoms with E-state index in [2.05, 4.69) is 10.7 Å². The fraction of sp³-hybridized carbons (Fsp3) is 0.375. The molecule has 0 aliphatic carbocycles. The minimum Gasteiger partial charge on any atom is -0.311 e. The van der Waals surface area contributed by atoms with Gasteiger partial charge in [0.1, 0.15) is 5.82 Å². The Hall–Kier alpha value is -1.45. The summed E-state index contributed by atoms with van der Waals surface area (Å²) in [5, 5.41) is 4.49. The summed E-state index contributed by atoms with van der Waals surface area (Å²) in [4.78, 5) is 10.8. The molecule has 0 atom stereocenters. The predicted molar refractivity (Wildman–Crippen MR) is 46.6 cm³/mol. The zero-order valence-corrected chi connectivity index (χ0v) is 7.51. The Morgan fingerprint density at radius 1 is 1.67 bits per heavy atom. The Labute approximate surface area is 71.9 Å². The summed E-state index contributed by atoms with van der Waals surface area (Å²) < 4.78 is 0. The van der Waals surface area contributed by atoms with Crippen molar-refractivity contribution in [3.05, 3.63) is 23.7 Å². The van der Waals surface area contributed by atoms with Gasteiger partial charge < -0.3 is 10.7 Å². The third-order valence-electron chi connectivity index (χ3n) is 1.60. The maximum Gasteiger partial charge on any atom is 0.222 e. The van der Waals surface area contributed by atoms with E-state index < -0.39 is 0 Å². The number of allylic oxidation sites excluding steroid dienone is 2. The van der Waals surface area contributed by atoms with Crippen LogP contribution in [0.15, 0.2) is 23.7 Å². The topological polar surface area (TPSA) is 44.4 Å². The maximum atomic E-state index is 10.8. The van der Waals surface area contributed by atoms with Gasteiger partial charge in [0.2, 0.25) is 5.91 Å². The van der Waals surface area contributed by atoms with Crippen LogP contribution in [0.1, 0.15) is 13.8 Å². The van der Waals surface area contributed by atoms with E-state index in [1.165, 1.54) is 6.92 Å². The fourth-order valence-corrected chi connectivity index (χ4v) is 1.03. The first-order valence-corrected chi connectivity index (χ1v) is 3.76. The quantitative estimate of drug-likeness (QED) is 0.591. The molecular weight excluding hydrogens is 154 g/mol. The first kappa shape index (κ1) is 8.64. The standard InChI is InChI=1S/C8H13N3O/c1-6-4-5-9-11(3)8(6)10-7(2)12/h4-5,9H,1-3H3,(H,10,12). The number of nitrogens with zero attached hydrogens (tertiary/aromatic N) is 1. The van der Waals surface area contributed by atoms with Crippen molar-refractivity contribution in [2.24, 2.45) is 0 Å². The number of carbonyl (C=O) groups is 1. The summed E-state index contributed by atoms with van der Waals surface area (Å²) >= 11 is 0. The molecule has 1 aliphatic rings. The van der Waals surface area contributed by atoms with Gasteiger partial charge in [-0.25, -0.2) is 0 Å². The molecule has 0 aromatic carbocycles. The molecule has 4 nitrogen and oxygen atoms in total. The molecule has 0 unspecified atom stereocenters. The van der Waals surface area contributed by atoms with Gasteiger partial charge in [0.15, 0.2) is 0 Å². The number of rotatable bonds is 1. The van der Waals surface area contributed by atoms with Gasteiger partial charge in [0.05, 0.1) is 0 Å². The van der Waals surface area contributed by atoms with Crippen LogP contribution < -0.4 is 10.7 Å². The first-order valence-electron chi connectivity index (χ1n) is 3.76. The molecule has 0 fully saturated rings. The largest absolute Gasteiger partial charge is 0.311 e. The van der Waals surface area contributed by atoms with Crippen LogP contribution in [0.5, 0.6) is 0 Å². The number of amides is 1. The van der Waals surface area contributed by atoms with Crippen molar-refractivity contribution in [2.75, 3.05) is 7.05 Å². The minimum absolute atomic E-state index is 0.0618. The zero-order valence-electron chi connectivity index (χ0n) is 7.51. The molecule has 1 aliphatic heterocycles. The average Bonchev–Trinajstić information content (AvgIpc) is 1.97. The number of hydrazine groups is 1. The van der Waals surface area contributed by atoms with Gasteiger partial charge in [-0.2, -0.15) is 0 Å². The highest BCUT2D eigenvalue weighted by Crippen LogP contribution is 2.08. The van der Waals surface area contributed by atoms with E-state index in [1.807, 2.05) is 26.2 Å². The smallest absolute Gasteiger partial charge is 0.222 e. The van der Waals surface area contributed by atoms with Crippen molar-refractivity contribution in [1.82, 2.24) is 15.8 Å². The van der Waals surface area contributed by atoms with Crippen LogP contribution in [0.2, 0.25) is 0 Å². The maximum absolute atomic E-state index is 10.8. The van der Waals surface area contributed by atoms with Crippen molar-refractivity contribution in [1.29, 1.82) is 0 Å². The van der Waals surface area contributed by atoms with Crippen LogP contribution in [0, 0.1) is 0 Å². The van der Waals surface area contributed by atoms with Crippen LogP contribution in [-0.4, -0.2) is 18.0 Å². The summed E-state index contributed by atoms with van der Waals surface area (Å²) in [6.45, 7) is 3.44. The summed E-state index contributed by atoms with van der Waals surface area (Å²) in [7, 11) is 1.85. The van der Waals surface area contributed by atoms with Crippen molar-refractivity contribution in [2.45, 2.75) is 13.8 Å². The molecule has 66 valence electrons. The fourth-order valence-electron chi connectivity index (χ4n) is 1.03. The average molecular weight is 167 g/mol. The molecule has 0 saturated heterocycles. The Morgan fingerprint density at radius 2 is 2.33 bits per heavy atom. The molecule has 1 amide bonds. The van der Waals surface area contributed by atoms with E-state index in [-0.39, 0.29) is 5.91 Å². The third-order valence-corrected chi connectivity index (χ3v) is 1.60. The summed E-state index contributed by atoms with van der Waals surface area (Å²) in [6.07, 6.45) is 3.73. The molecular formula is C8H13N3O. The lowest BCUT2D eigenvalue weighted by molar-refractivity contribution is -0.118. The van der Waals surface area contributed by atoms with Gasteiger partial charge in [-0.15, -0.1) is 0 Å². The molecule has 0 bridgehead atoms. The lowest BCUT2D eigenvalue weighted by atomic mass is 10.2. The number of carbonyl (C=O) groups excluding carboxylic acids is 1. The normalized spacial score (nSPS) is 16.1. The van der Waals surface area contributed by atoms with Crippen LogP contribution in [0.4, 0.5) is 0 Å². The second-order valence-electron chi connectivity index (χ2n) is 2.73. The van der Waals surface area contributed by atoms with E-state index in [4.69, 9.17) is 0 Å². The Balaban J connectivity index is 2.81. The highest BCUT2D eigenvalue weighted by molar-refractivity contribution is 5.75. The van der Waals surface area contributed by atoms with Crippen LogP contribution in [0.25, 0.3) is 0 Å². The van der Waals surface area contributed by atoms with Gasteiger partial charge in [0.25, 0.3) is 0 Å². The molecule has 4 heteroatoms. The monoisotopic (exact) mass is 167 g/mol. The Morgan fingerprint density at radius 3 is 2.83 bits per heavy atom. The van der Waals surface area contributed by atoms with Crippen LogP contribution in [-0.2, 0) is 4.79 Å². The SMILES string of the molecule is CC(=O)NC1=C(C)C=CNN1C. The zero-order chi connectivity index (χ0) is 9.14. The molecule has 1 heterocycles. The number of nitrogens with one attached hydrogen (secondary N) is 2. The van der Waals surface area contributed by atoms with Crippen molar-refractivity contribution < 1.29 is 4.79 Å². The van der Waals surface area contributed by atoms with Crippen LogP contribution in [0.3, 0.4) is 0 Å². The molecule has 0 aromatic heterocycles.